The number of nitrogens with one attached hydrogen (secondary N) is 1. The van der Waals surface area contributed by atoms with Gasteiger partial charge in [0.2, 0.25) is 5.91 Å². The number of carbonyl (C=O) groups excluding carboxylic acids is 1. The van der Waals surface area contributed by atoms with Crippen molar-refractivity contribution in [1.29, 1.82) is 0 Å². The Balaban J connectivity index is 1.64. The van der Waals surface area contributed by atoms with E-state index in [0.29, 0.717) is 26.1 Å². The fourth-order valence-electron chi connectivity index (χ4n) is 2.97. The molecule has 1 aromatic heterocycles. The first kappa shape index (κ1) is 22.1. The SMILES string of the molecule is COCCn1c(Cc2ccccc2)nnc1S[C@@H](C)C(=O)NCc1ccc(C)cc1. The van der Waals surface area contributed by atoms with E-state index in [1.165, 1.54) is 22.9 Å². The van der Waals surface area contributed by atoms with Gasteiger partial charge < -0.3 is 14.6 Å². The van der Waals surface area contributed by atoms with Crippen molar-refractivity contribution in [2.75, 3.05) is 13.7 Å². The average molecular weight is 425 g/mol. The predicted octanol–water partition coefficient (Wildman–Crippen LogP) is 3.62. The van der Waals surface area contributed by atoms with Gasteiger partial charge in [0.05, 0.1) is 11.9 Å². The number of aryl methyl sites for hydroxylation is 1. The first-order valence-electron chi connectivity index (χ1n) is 10.0. The average Bonchev–Trinajstić information content (AvgIpc) is 3.13. The molecule has 30 heavy (non-hydrogen) atoms. The molecular weight excluding hydrogens is 396 g/mol. The highest BCUT2D eigenvalue weighted by atomic mass is 32.2. The molecule has 7 heteroatoms. The summed E-state index contributed by atoms with van der Waals surface area (Å²) in [5.74, 6) is 0.847. The lowest BCUT2D eigenvalue weighted by Gasteiger charge is -2.14. The van der Waals surface area contributed by atoms with Gasteiger partial charge in [0.15, 0.2) is 5.16 Å². The Morgan fingerprint density at radius 1 is 1.10 bits per heavy atom. The molecule has 3 aromatic rings. The largest absolute Gasteiger partial charge is 0.383 e. The van der Waals surface area contributed by atoms with Crippen molar-refractivity contribution in [3.8, 4) is 0 Å². The first-order valence-corrected chi connectivity index (χ1v) is 10.9. The Morgan fingerprint density at radius 2 is 1.83 bits per heavy atom. The number of hydrogen-bond donors (Lipinski definition) is 1. The Kier molecular flexibility index (Phi) is 8.04. The van der Waals surface area contributed by atoms with E-state index >= 15 is 0 Å². The van der Waals surface area contributed by atoms with Crippen molar-refractivity contribution in [2.45, 2.75) is 43.8 Å². The van der Waals surface area contributed by atoms with Gasteiger partial charge in [-0.15, -0.1) is 10.2 Å². The van der Waals surface area contributed by atoms with Gasteiger partial charge in [-0.05, 0) is 25.0 Å². The van der Waals surface area contributed by atoms with Crippen molar-refractivity contribution >= 4 is 17.7 Å². The van der Waals surface area contributed by atoms with E-state index in [4.69, 9.17) is 4.74 Å². The maximum Gasteiger partial charge on any atom is 0.233 e. The zero-order chi connectivity index (χ0) is 21.3. The number of carbonyl (C=O) groups is 1. The highest BCUT2D eigenvalue weighted by molar-refractivity contribution is 8.00. The first-order chi connectivity index (χ1) is 14.6. The summed E-state index contributed by atoms with van der Waals surface area (Å²) in [7, 11) is 1.68. The number of benzene rings is 2. The molecule has 6 nitrogen and oxygen atoms in total. The summed E-state index contributed by atoms with van der Waals surface area (Å²) in [6, 6.07) is 18.3. The second-order valence-electron chi connectivity index (χ2n) is 7.17. The van der Waals surface area contributed by atoms with Crippen molar-refractivity contribution in [1.82, 2.24) is 20.1 Å². The summed E-state index contributed by atoms with van der Waals surface area (Å²) < 4.78 is 7.31. The van der Waals surface area contributed by atoms with Crippen molar-refractivity contribution in [3.05, 3.63) is 77.1 Å². The summed E-state index contributed by atoms with van der Waals surface area (Å²) >= 11 is 1.42. The molecule has 3 rings (SSSR count). The van der Waals surface area contributed by atoms with Crippen LogP contribution >= 0.6 is 11.8 Å². The fourth-order valence-corrected chi connectivity index (χ4v) is 3.89. The van der Waals surface area contributed by atoms with Crippen LogP contribution in [0.4, 0.5) is 0 Å². The van der Waals surface area contributed by atoms with Crippen LogP contribution in [0.2, 0.25) is 0 Å². The third kappa shape index (κ3) is 6.18. The molecule has 0 saturated carbocycles. The van der Waals surface area contributed by atoms with Crippen LogP contribution in [0.15, 0.2) is 59.8 Å². The molecule has 1 amide bonds. The molecule has 0 unspecified atom stereocenters. The lowest BCUT2D eigenvalue weighted by molar-refractivity contribution is -0.120. The monoisotopic (exact) mass is 424 g/mol. The van der Waals surface area contributed by atoms with Crippen LogP contribution in [0, 0.1) is 6.92 Å². The van der Waals surface area contributed by atoms with Crippen LogP contribution in [0.1, 0.15) is 29.4 Å². The number of rotatable bonds is 10. The lowest BCUT2D eigenvalue weighted by atomic mass is 10.1. The van der Waals surface area contributed by atoms with Gasteiger partial charge in [-0.2, -0.15) is 0 Å². The van der Waals surface area contributed by atoms with E-state index in [-0.39, 0.29) is 11.2 Å². The van der Waals surface area contributed by atoms with E-state index in [1.807, 2.05) is 60.9 Å². The molecule has 1 heterocycles. The van der Waals surface area contributed by atoms with E-state index < -0.39 is 0 Å². The predicted molar refractivity (Wildman–Crippen MR) is 119 cm³/mol. The standard InChI is InChI=1S/C23H28N4O2S/c1-17-9-11-20(12-10-17)16-24-22(28)18(2)30-23-26-25-21(27(23)13-14-29-3)15-19-7-5-4-6-8-19/h4-12,18H,13-16H2,1-3H3,(H,24,28)/t18-/m0/s1. The van der Waals surface area contributed by atoms with Gasteiger partial charge in [0.1, 0.15) is 5.82 Å². The highest BCUT2D eigenvalue weighted by Gasteiger charge is 2.20. The lowest BCUT2D eigenvalue weighted by Crippen LogP contribution is -2.30. The number of methoxy groups -OCH3 is 1. The Morgan fingerprint density at radius 3 is 2.53 bits per heavy atom. The number of nitrogens with zero attached hydrogens (tertiary/aromatic N) is 3. The van der Waals surface area contributed by atoms with Crippen molar-refractivity contribution in [3.63, 3.8) is 0 Å². The molecule has 0 saturated heterocycles. The second-order valence-corrected chi connectivity index (χ2v) is 8.48. The maximum absolute atomic E-state index is 12.6. The molecular formula is C23H28N4O2S. The molecule has 1 atom stereocenters. The summed E-state index contributed by atoms with van der Waals surface area (Å²) in [5.41, 5.74) is 3.46. The van der Waals surface area contributed by atoms with Crippen molar-refractivity contribution in [2.24, 2.45) is 0 Å². The third-order valence-electron chi connectivity index (χ3n) is 4.76. The minimum absolute atomic E-state index is 0.0218. The zero-order valence-electron chi connectivity index (χ0n) is 17.7. The molecule has 0 bridgehead atoms. The smallest absolute Gasteiger partial charge is 0.233 e. The normalized spacial score (nSPS) is 12.0. The summed E-state index contributed by atoms with van der Waals surface area (Å²) in [5, 5.41) is 12.2. The molecule has 0 spiro atoms. The zero-order valence-corrected chi connectivity index (χ0v) is 18.5. The van der Waals surface area contributed by atoms with Crippen molar-refractivity contribution < 1.29 is 9.53 Å². The number of hydrogen-bond acceptors (Lipinski definition) is 5. The molecule has 0 radical (unpaired) electrons. The second kappa shape index (κ2) is 10.9. The highest BCUT2D eigenvalue weighted by Crippen LogP contribution is 2.23. The van der Waals surface area contributed by atoms with Crippen LogP contribution < -0.4 is 5.32 Å². The summed E-state index contributed by atoms with van der Waals surface area (Å²) in [6.45, 7) is 5.65. The van der Waals surface area contributed by atoms with Crippen LogP contribution in [-0.2, 0) is 29.0 Å². The van der Waals surface area contributed by atoms with E-state index in [1.54, 1.807) is 7.11 Å². The van der Waals surface area contributed by atoms with Gasteiger partial charge in [0, 0.05) is 26.6 Å². The van der Waals surface area contributed by atoms with E-state index in [0.717, 1.165) is 16.5 Å². The molecule has 0 aliphatic heterocycles. The van der Waals surface area contributed by atoms with Gasteiger partial charge in [-0.25, -0.2) is 0 Å². The molecule has 0 aliphatic rings. The van der Waals surface area contributed by atoms with Crippen LogP contribution in [0.5, 0.6) is 0 Å². The minimum atomic E-state index is -0.287. The van der Waals surface area contributed by atoms with Crippen LogP contribution in [0.25, 0.3) is 0 Å². The third-order valence-corrected chi connectivity index (χ3v) is 5.84. The number of amides is 1. The van der Waals surface area contributed by atoms with Gasteiger partial charge in [-0.3, -0.25) is 4.79 Å². The van der Waals surface area contributed by atoms with E-state index in [2.05, 4.69) is 27.6 Å². The molecule has 0 fully saturated rings. The fraction of sp³-hybridized carbons (Fsp3) is 0.348. The van der Waals surface area contributed by atoms with Gasteiger partial charge in [-0.1, -0.05) is 71.9 Å². The topological polar surface area (TPSA) is 69.0 Å². The summed E-state index contributed by atoms with van der Waals surface area (Å²) in [6.07, 6.45) is 0.687. The Bertz CT molecular complexity index is 942. The summed E-state index contributed by atoms with van der Waals surface area (Å²) in [4.78, 5) is 12.6. The number of aromatic nitrogens is 3. The molecule has 1 N–H and O–H groups in total. The molecule has 2 aromatic carbocycles. The maximum atomic E-state index is 12.6. The Labute approximate surface area is 182 Å². The van der Waals surface area contributed by atoms with Crippen LogP contribution in [0.3, 0.4) is 0 Å². The van der Waals surface area contributed by atoms with E-state index in [9.17, 15) is 4.79 Å². The molecule has 0 aliphatic carbocycles. The number of ether oxygens (including phenoxy) is 1. The quantitative estimate of drug-likeness (QED) is 0.504. The number of thioether (sulfide) groups is 1. The van der Waals surface area contributed by atoms with Crippen LogP contribution in [-0.4, -0.2) is 39.6 Å². The van der Waals surface area contributed by atoms with Gasteiger partial charge in [0.25, 0.3) is 0 Å². The minimum Gasteiger partial charge on any atom is -0.383 e. The van der Waals surface area contributed by atoms with Gasteiger partial charge >= 0.3 is 0 Å². The molecule has 158 valence electrons. The Hall–Kier alpha value is -2.64.